The van der Waals surface area contributed by atoms with Gasteiger partial charge in [-0.15, -0.1) is 0 Å². The standard InChI is InChI=1S/C23H25N5O5/c1-14(29)32-20-15-11-18(27-7-9-31-10-8-27)17(12-19(15)33-23(20,2)3)26-22(30)16-13-25-28-6-4-5-24-21(16)28/h4-6,11-13,20H,7-10H2,1-3H3,(H,26,30). The maximum atomic E-state index is 13.2. The average Bonchev–Trinajstić information content (AvgIpc) is 3.32. The number of benzene rings is 1. The van der Waals surface area contributed by atoms with Crippen LogP contribution in [0.25, 0.3) is 5.65 Å². The van der Waals surface area contributed by atoms with Crippen LogP contribution in [0.5, 0.6) is 5.75 Å². The summed E-state index contributed by atoms with van der Waals surface area (Å²) in [6, 6.07) is 5.48. The van der Waals surface area contributed by atoms with Crippen molar-refractivity contribution in [2.24, 2.45) is 0 Å². The molecule has 1 aromatic carbocycles. The number of fused-ring (bicyclic) bond motifs is 2. The normalized spacial score (nSPS) is 19.1. The first-order chi connectivity index (χ1) is 15.8. The summed E-state index contributed by atoms with van der Waals surface area (Å²) in [6.45, 7) is 7.63. The number of rotatable bonds is 4. The van der Waals surface area contributed by atoms with Crippen LogP contribution in [0.2, 0.25) is 0 Å². The van der Waals surface area contributed by atoms with Gasteiger partial charge in [0.15, 0.2) is 11.8 Å². The Bertz CT molecular complexity index is 1230. The molecule has 1 atom stereocenters. The second kappa shape index (κ2) is 8.04. The number of aromatic nitrogens is 3. The van der Waals surface area contributed by atoms with Crippen molar-refractivity contribution in [3.05, 3.63) is 47.9 Å². The van der Waals surface area contributed by atoms with E-state index in [9.17, 15) is 9.59 Å². The molecule has 0 radical (unpaired) electrons. The summed E-state index contributed by atoms with van der Waals surface area (Å²) in [5, 5.41) is 7.21. The van der Waals surface area contributed by atoms with Gasteiger partial charge in [0.05, 0.1) is 30.8 Å². The van der Waals surface area contributed by atoms with Gasteiger partial charge in [0.25, 0.3) is 5.91 Å². The molecule has 4 heterocycles. The fourth-order valence-corrected chi connectivity index (χ4v) is 4.30. The highest BCUT2D eigenvalue weighted by atomic mass is 16.6. The van der Waals surface area contributed by atoms with Crippen LogP contribution in [0.4, 0.5) is 11.4 Å². The van der Waals surface area contributed by atoms with Gasteiger partial charge in [-0.2, -0.15) is 5.10 Å². The van der Waals surface area contributed by atoms with Crippen molar-refractivity contribution in [2.45, 2.75) is 32.5 Å². The van der Waals surface area contributed by atoms with Crippen LogP contribution in [0.3, 0.4) is 0 Å². The molecular formula is C23H25N5O5. The molecule has 0 aliphatic carbocycles. The molecule has 1 amide bonds. The Labute approximate surface area is 190 Å². The zero-order chi connectivity index (χ0) is 23.2. The number of anilines is 2. The first kappa shape index (κ1) is 21.2. The third-order valence-electron chi connectivity index (χ3n) is 5.82. The van der Waals surface area contributed by atoms with E-state index in [-0.39, 0.29) is 11.9 Å². The Balaban J connectivity index is 1.55. The molecule has 33 heavy (non-hydrogen) atoms. The SMILES string of the molecule is CC(=O)OC1c2cc(N3CCOCC3)c(NC(=O)c3cnn4cccnc34)cc2OC1(C)C. The predicted octanol–water partition coefficient (Wildman–Crippen LogP) is 2.59. The molecule has 1 fully saturated rings. The smallest absolute Gasteiger partial charge is 0.303 e. The Kier molecular flexibility index (Phi) is 5.16. The van der Waals surface area contributed by atoms with E-state index in [4.69, 9.17) is 14.2 Å². The highest BCUT2D eigenvalue weighted by Gasteiger charge is 2.44. The number of ether oxygens (including phenoxy) is 3. The molecule has 5 rings (SSSR count). The van der Waals surface area contributed by atoms with Crippen LogP contribution in [0.1, 0.15) is 42.8 Å². The van der Waals surface area contributed by atoms with Gasteiger partial charge < -0.3 is 24.4 Å². The lowest BCUT2D eigenvalue weighted by molar-refractivity contribution is -0.154. The number of nitrogens with zero attached hydrogens (tertiary/aromatic N) is 4. The van der Waals surface area contributed by atoms with Crippen molar-refractivity contribution in [2.75, 3.05) is 36.5 Å². The highest BCUT2D eigenvalue weighted by molar-refractivity contribution is 6.09. The van der Waals surface area contributed by atoms with Crippen LogP contribution in [0.15, 0.2) is 36.8 Å². The summed E-state index contributed by atoms with van der Waals surface area (Å²) in [6.07, 6.45) is 4.29. The van der Waals surface area contributed by atoms with E-state index in [1.807, 2.05) is 19.9 Å². The lowest BCUT2D eigenvalue weighted by Crippen LogP contribution is -2.37. The van der Waals surface area contributed by atoms with Crippen LogP contribution in [-0.2, 0) is 14.3 Å². The van der Waals surface area contributed by atoms with Crippen molar-refractivity contribution in [1.29, 1.82) is 0 Å². The molecule has 3 aromatic rings. The van der Waals surface area contributed by atoms with Gasteiger partial charge in [0.1, 0.15) is 16.9 Å². The number of carbonyl (C=O) groups excluding carboxylic acids is 2. The molecule has 1 unspecified atom stereocenters. The molecule has 10 nitrogen and oxygen atoms in total. The second-order valence-corrected chi connectivity index (χ2v) is 8.60. The van der Waals surface area contributed by atoms with Gasteiger partial charge >= 0.3 is 5.97 Å². The van der Waals surface area contributed by atoms with Gasteiger partial charge in [0, 0.05) is 44.0 Å². The van der Waals surface area contributed by atoms with E-state index in [0.717, 1.165) is 11.3 Å². The number of hydrogen-bond acceptors (Lipinski definition) is 8. The minimum absolute atomic E-state index is 0.327. The molecule has 1 saturated heterocycles. The van der Waals surface area contributed by atoms with E-state index in [1.165, 1.54) is 13.1 Å². The molecule has 0 bridgehead atoms. The highest BCUT2D eigenvalue weighted by Crippen LogP contribution is 2.49. The van der Waals surface area contributed by atoms with Crippen LogP contribution < -0.4 is 15.0 Å². The zero-order valence-corrected chi connectivity index (χ0v) is 18.7. The fraction of sp³-hybridized carbons (Fsp3) is 0.391. The number of esters is 1. The van der Waals surface area contributed by atoms with Crippen molar-refractivity contribution >= 4 is 28.9 Å². The van der Waals surface area contributed by atoms with Gasteiger partial charge in [-0.05, 0) is 26.0 Å². The molecule has 0 saturated carbocycles. The summed E-state index contributed by atoms with van der Waals surface area (Å²) in [4.78, 5) is 31.4. The summed E-state index contributed by atoms with van der Waals surface area (Å²) in [7, 11) is 0. The van der Waals surface area contributed by atoms with Crippen LogP contribution >= 0.6 is 0 Å². The summed E-state index contributed by atoms with van der Waals surface area (Å²) < 4.78 is 18.8. The van der Waals surface area contributed by atoms with Gasteiger partial charge in [0.2, 0.25) is 0 Å². The summed E-state index contributed by atoms with van der Waals surface area (Å²) in [5.74, 6) is -0.140. The molecule has 2 aliphatic heterocycles. The molecule has 2 aromatic heterocycles. The molecule has 2 aliphatic rings. The minimum atomic E-state index is -0.745. The number of morpholine rings is 1. The van der Waals surface area contributed by atoms with Crippen molar-refractivity contribution < 1.29 is 23.8 Å². The van der Waals surface area contributed by atoms with Gasteiger partial charge in [-0.1, -0.05) is 0 Å². The lowest BCUT2D eigenvalue weighted by atomic mass is 9.96. The molecule has 10 heteroatoms. The maximum absolute atomic E-state index is 13.2. The molecule has 1 N–H and O–H groups in total. The minimum Gasteiger partial charge on any atom is -0.483 e. The van der Waals surface area contributed by atoms with E-state index < -0.39 is 11.7 Å². The third-order valence-corrected chi connectivity index (χ3v) is 5.82. The first-order valence-corrected chi connectivity index (χ1v) is 10.8. The molecule has 0 spiro atoms. The quantitative estimate of drug-likeness (QED) is 0.603. The van der Waals surface area contributed by atoms with E-state index in [2.05, 4.69) is 20.3 Å². The number of hydrogen-bond donors (Lipinski definition) is 1. The number of amides is 1. The molecule has 172 valence electrons. The van der Waals surface area contributed by atoms with Crippen molar-refractivity contribution in [3.63, 3.8) is 0 Å². The molecular weight excluding hydrogens is 426 g/mol. The third kappa shape index (κ3) is 3.86. The predicted molar refractivity (Wildman–Crippen MR) is 120 cm³/mol. The Morgan fingerprint density at radius 2 is 2.03 bits per heavy atom. The zero-order valence-electron chi connectivity index (χ0n) is 18.7. The van der Waals surface area contributed by atoms with Gasteiger partial charge in [-0.3, -0.25) is 9.59 Å². The second-order valence-electron chi connectivity index (χ2n) is 8.60. The van der Waals surface area contributed by atoms with Crippen LogP contribution in [0, 0.1) is 0 Å². The van der Waals surface area contributed by atoms with Crippen molar-refractivity contribution in [1.82, 2.24) is 14.6 Å². The van der Waals surface area contributed by atoms with E-state index in [0.29, 0.717) is 49.0 Å². The van der Waals surface area contributed by atoms with Crippen LogP contribution in [-0.4, -0.2) is 58.4 Å². The average molecular weight is 451 g/mol. The summed E-state index contributed by atoms with van der Waals surface area (Å²) in [5.41, 5.74) is 2.26. The lowest BCUT2D eigenvalue weighted by Gasteiger charge is -2.31. The first-order valence-electron chi connectivity index (χ1n) is 10.8. The summed E-state index contributed by atoms with van der Waals surface area (Å²) >= 11 is 0. The topological polar surface area (TPSA) is 107 Å². The van der Waals surface area contributed by atoms with E-state index >= 15 is 0 Å². The number of carbonyl (C=O) groups is 2. The van der Waals surface area contributed by atoms with E-state index in [1.54, 1.807) is 29.0 Å². The largest absolute Gasteiger partial charge is 0.483 e. The maximum Gasteiger partial charge on any atom is 0.303 e. The van der Waals surface area contributed by atoms with Crippen molar-refractivity contribution in [3.8, 4) is 5.75 Å². The Hall–Kier alpha value is -3.66. The Morgan fingerprint density at radius 3 is 2.79 bits per heavy atom. The fourth-order valence-electron chi connectivity index (χ4n) is 4.30. The Morgan fingerprint density at radius 1 is 1.24 bits per heavy atom. The van der Waals surface area contributed by atoms with Gasteiger partial charge in [-0.25, -0.2) is 9.50 Å². The monoisotopic (exact) mass is 451 g/mol. The number of nitrogens with one attached hydrogen (secondary N) is 1.